The molecule has 3 aromatic rings. The van der Waals surface area contributed by atoms with E-state index in [2.05, 4.69) is 15.3 Å². The van der Waals surface area contributed by atoms with Crippen LogP contribution in [0.2, 0.25) is 0 Å². The zero-order valence-electron chi connectivity index (χ0n) is 10.4. The van der Waals surface area contributed by atoms with Crippen molar-refractivity contribution < 1.29 is 4.79 Å². The number of fused-ring (bicyclic) bond motifs is 1. The van der Waals surface area contributed by atoms with Gasteiger partial charge in [-0.2, -0.15) is 0 Å². The fourth-order valence-corrected chi connectivity index (χ4v) is 1.80. The maximum Gasteiger partial charge on any atom is 0.270 e. The lowest BCUT2D eigenvalue weighted by molar-refractivity contribution is 0.102. The number of hydrogen-bond acceptors (Lipinski definition) is 4. The number of carbonyl (C=O) groups is 1. The number of carbonyl (C=O) groups excluding carboxylic acids is 1. The number of aromatic nitrogens is 3. The van der Waals surface area contributed by atoms with Crippen molar-refractivity contribution in [2.45, 2.75) is 0 Å². The van der Waals surface area contributed by atoms with Crippen molar-refractivity contribution in [1.29, 1.82) is 0 Å². The van der Waals surface area contributed by atoms with Crippen molar-refractivity contribution in [2.24, 2.45) is 0 Å². The highest BCUT2D eigenvalue weighted by Gasteiger charge is 2.13. The molecule has 3 aromatic heterocycles. The molecule has 0 atom stereocenters. The molecule has 1 amide bonds. The van der Waals surface area contributed by atoms with Crippen LogP contribution in [0, 0.1) is 0 Å². The summed E-state index contributed by atoms with van der Waals surface area (Å²) in [5.41, 5.74) is 0.0512. The largest absolute Gasteiger partial charge is 0.306 e. The normalized spacial score (nSPS) is 10.4. The first-order valence-electron chi connectivity index (χ1n) is 5.94. The van der Waals surface area contributed by atoms with Crippen LogP contribution in [0.1, 0.15) is 10.4 Å². The second-order valence-corrected chi connectivity index (χ2v) is 4.07. The quantitative estimate of drug-likeness (QED) is 0.759. The van der Waals surface area contributed by atoms with Crippen molar-refractivity contribution in [3.63, 3.8) is 0 Å². The van der Waals surface area contributed by atoms with Crippen LogP contribution in [-0.2, 0) is 0 Å². The van der Waals surface area contributed by atoms with E-state index < -0.39 is 11.5 Å². The molecule has 0 saturated heterocycles. The van der Waals surface area contributed by atoms with Crippen molar-refractivity contribution in [1.82, 2.24) is 14.4 Å². The van der Waals surface area contributed by atoms with Crippen LogP contribution in [0.15, 0.2) is 59.8 Å². The Labute approximate surface area is 113 Å². The molecule has 0 aliphatic rings. The number of rotatable bonds is 2. The molecule has 0 unspecified atom stereocenters. The van der Waals surface area contributed by atoms with Gasteiger partial charge >= 0.3 is 0 Å². The molecule has 0 aliphatic carbocycles. The van der Waals surface area contributed by atoms with Gasteiger partial charge in [-0.1, -0.05) is 12.1 Å². The number of nitrogens with one attached hydrogen (secondary N) is 1. The Morgan fingerprint density at radius 2 is 1.95 bits per heavy atom. The fourth-order valence-electron chi connectivity index (χ4n) is 1.80. The molecule has 3 heterocycles. The lowest BCUT2D eigenvalue weighted by atomic mass is 10.3. The minimum absolute atomic E-state index is 0.0284. The Hall–Kier alpha value is -3.02. The van der Waals surface area contributed by atoms with Crippen molar-refractivity contribution in [3.8, 4) is 0 Å². The van der Waals surface area contributed by atoms with Gasteiger partial charge in [0.1, 0.15) is 17.0 Å². The lowest BCUT2D eigenvalue weighted by Crippen LogP contribution is -2.26. The molecule has 6 nitrogen and oxygen atoms in total. The summed E-state index contributed by atoms with van der Waals surface area (Å²) in [5.74, 6) is -0.144. The number of pyridine rings is 2. The molecule has 1 N–H and O–H groups in total. The van der Waals surface area contributed by atoms with E-state index in [0.717, 1.165) is 0 Å². The molecule has 0 fully saturated rings. The van der Waals surface area contributed by atoms with Gasteiger partial charge in [0.05, 0.1) is 0 Å². The van der Waals surface area contributed by atoms with Gasteiger partial charge in [-0.05, 0) is 24.3 Å². The van der Waals surface area contributed by atoms with Gasteiger partial charge < -0.3 is 5.32 Å². The second kappa shape index (κ2) is 4.93. The number of hydrogen-bond donors (Lipinski definition) is 1. The first kappa shape index (κ1) is 12.0. The molecule has 20 heavy (non-hydrogen) atoms. The van der Waals surface area contributed by atoms with Crippen LogP contribution in [-0.4, -0.2) is 20.3 Å². The van der Waals surface area contributed by atoms with Crippen LogP contribution in [0.3, 0.4) is 0 Å². The predicted octanol–water partition coefficient (Wildman–Crippen LogP) is 1.34. The molecule has 0 aliphatic heterocycles. The summed E-state index contributed by atoms with van der Waals surface area (Å²) in [6, 6.07) is 10.3. The maximum absolute atomic E-state index is 12.2. The third-order valence-corrected chi connectivity index (χ3v) is 2.76. The van der Waals surface area contributed by atoms with Crippen LogP contribution in [0.25, 0.3) is 5.65 Å². The first-order chi connectivity index (χ1) is 9.75. The van der Waals surface area contributed by atoms with Crippen molar-refractivity contribution >= 4 is 17.4 Å². The van der Waals surface area contributed by atoms with Crippen molar-refractivity contribution in [2.75, 3.05) is 5.32 Å². The minimum Gasteiger partial charge on any atom is -0.306 e. The topological polar surface area (TPSA) is 76.4 Å². The van der Waals surface area contributed by atoms with Crippen LogP contribution in [0.5, 0.6) is 0 Å². The molecule has 0 bridgehead atoms. The standard InChI is InChI=1S/C14H10N4O2/c19-13(17-11-5-1-3-7-15-11)10-9-16-12-6-2-4-8-18(12)14(10)20/h1-9H,(H,15,17,19). The summed E-state index contributed by atoms with van der Waals surface area (Å²) in [5, 5.41) is 2.56. The molecule has 0 aromatic carbocycles. The summed E-state index contributed by atoms with van der Waals surface area (Å²) in [6.07, 6.45) is 4.40. The maximum atomic E-state index is 12.2. The van der Waals surface area contributed by atoms with E-state index in [9.17, 15) is 9.59 Å². The SMILES string of the molecule is O=C(Nc1ccccn1)c1cnc2ccccn2c1=O. The van der Waals surface area contributed by atoms with Crippen molar-refractivity contribution in [3.05, 3.63) is 70.9 Å². The average molecular weight is 266 g/mol. The summed E-state index contributed by atoms with van der Waals surface area (Å²) in [7, 11) is 0. The minimum atomic E-state index is -0.528. The highest BCUT2D eigenvalue weighted by atomic mass is 16.2. The predicted molar refractivity (Wildman–Crippen MR) is 73.7 cm³/mol. The molecule has 0 radical (unpaired) electrons. The summed E-state index contributed by atoms with van der Waals surface area (Å²) < 4.78 is 1.33. The van der Waals surface area contributed by atoms with Gasteiger partial charge in [-0.15, -0.1) is 0 Å². The van der Waals surface area contributed by atoms with Crippen LogP contribution < -0.4 is 10.9 Å². The zero-order chi connectivity index (χ0) is 13.9. The fraction of sp³-hybridized carbons (Fsp3) is 0. The third kappa shape index (κ3) is 2.14. The zero-order valence-corrected chi connectivity index (χ0v) is 10.4. The summed E-state index contributed by atoms with van der Waals surface area (Å²) >= 11 is 0. The average Bonchev–Trinajstić information content (AvgIpc) is 2.49. The summed E-state index contributed by atoms with van der Waals surface area (Å²) in [4.78, 5) is 32.3. The van der Waals surface area contributed by atoms with E-state index in [1.165, 1.54) is 10.6 Å². The molecule has 0 saturated carbocycles. The molecular weight excluding hydrogens is 256 g/mol. The Balaban J connectivity index is 2.00. The first-order valence-corrected chi connectivity index (χ1v) is 5.94. The summed E-state index contributed by atoms with van der Waals surface area (Å²) in [6.45, 7) is 0. The van der Waals surface area contributed by atoms with E-state index >= 15 is 0 Å². The Bertz CT molecular complexity index is 827. The smallest absolute Gasteiger partial charge is 0.270 e. The molecule has 6 heteroatoms. The van der Waals surface area contributed by atoms with Gasteiger partial charge in [0.2, 0.25) is 0 Å². The monoisotopic (exact) mass is 266 g/mol. The van der Waals surface area contributed by atoms with Gasteiger partial charge in [-0.25, -0.2) is 9.97 Å². The van der Waals surface area contributed by atoms with E-state index in [4.69, 9.17) is 0 Å². The highest BCUT2D eigenvalue weighted by Crippen LogP contribution is 2.03. The van der Waals surface area contributed by atoms with E-state index in [0.29, 0.717) is 11.5 Å². The van der Waals surface area contributed by atoms with Gasteiger partial charge in [0.25, 0.3) is 11.5 Å². The molecule has 3 rings (SSSR count). The second-order valence-electron chi connectivity index (χ2n) is 4.07. The van der Waals surface area contributed by atoms with Crippen LogP contribution >= 0.6 is 0 Å². The lowest BCUT2D eigenvalue weighted by Gasteiger charge is -2.05. The number of anilines is 1. The van der Waals surface area contributed by atoms with Gasteiger partial charge in [-0.3, -0.25) is 14.0 Å². The van der Waals surface area contributed by atoms with Crippen LogP contribution in [0.4, 0.5) is 5.82 Å². The van der Waals surface area contributed by atoms with E-state index in [-0.39, 0.29) is 5.56 Å². The Morgan fingerprint density at radius 3 is 2.75 bits per heavy atom. The Morgan fingerprint density at radius 1 is 1.10 bits per heavy atom. The van der Waals surface area contributed by atoms with E-state index in [1.807, 2.05) is 0 Å². The van der Waals surface area contributed by atoms with E-state index in [1.54, 1.807) is 48.8 Å². The van der Waals surface area contributed by atoms with Gasteiger partial charge in [0.15, 0.2) is 0 Å². The highest BCUT2D eigenvalue weighted by molar-refractivity contribution is 6.03. The molecular formula is C14H10N4O2. The molecule has 98 valence electrons. The van der Waals surface area contributed by atoms with Gasteiger partial charge in [0, 0.05) is 18.6 Å². The molecule has 0 spiro atoms. The number of amides is 1. The third-order valence-electron chi connectivity index (χ3n) is 2.76. The Kier molecular flexibility index (Phi) is 2.96. The number of nitrogens with zero attached hydrogens (tertiary/aromatic N) is 3.